The number of nitrogens with two attached hydrogens (primary N) is 2. The number of carbonyl (C=O) groups excluding carboxylic acids is 4. The van der Waals surface area contributed by atoms with Crippen LogP contribution in [0.15, 0.2) is 43.0 Å². The molecule has 2 aromatic heterocycles. The number of nitrogens with zero attached hydrogens (tertiary/aromatic N) is 1. The molecule has 0 bridgehead atoms. The fourth-order valence-corrected chi connectivity index (χ4v) is 4.21. The molecular formula is C26H32N8O8. The first-order chi connectivity index (χ1) is 19.9. The number of H-pyrrole nitrogens is 2. The standard InChI is InChI=1S/C26H32N8O8/c27-16(8-14-11-29-12-31-14)23(38)33-19(7-13-10-30-17-4-2-1-3-15(13)17)24(39)34-20(9-22(36)37)25(40)32-18(26(41)42)5-6-21(28)35/h1-4,10-12,16,18-20,30H,5-9,27H2,(H2,28,35)(H,29,31)(H,32,40)(H,33,38)(H,34,39)(H,36,37)(H,41,42). The Labute approximate surface area is 238 Å². The number of carboxylic acid groups (broad SMARTS) is 2. The summed E-state index contributed by atoms with van der Waals surface area (Å²) in [6, 6.07) is 1.55. The smallest absolute Gasteiger partial charge is 0.326 e. The van der Waals surface area contributed by atoms with Crippen LogP contribution in [-0.2, 0) is 41.6 Å². The van der Waals surface area contributed by atoms with E-state index in [9.17, 15) is 39.0 Å². The lowest BCUT2D eigenvalue weighted by atomic mass is 10.0. The molecule has 3 aromatic rings. The van der Waals surface area contributed by atoms with Gasteiger partial charge in [-0.15, -0.1) is 0 Å². The van der Waals surface area contributed by atoms with E-state index in [2.05, 4.69) is 30.9 Å². The van der Waals surface area contributed by atoms with Crippen molar-refractivity contribution in [3.63, 3.8) is 0 Å². The SMILES string of the molecule is NC(=O)CCC(NC(=O)C(CC(=O)O)NC(=O)C(Cc1c[nH]c2ccccc12)NC(=O)C(N)Cc1cnc[nH]1)C(=O)O. The van der Waals surface area contributed by atoms with Crippen LogP contribution < -0.4 is 27.4 Å². The Bertz CT molecular complexity index is 1440. The zero-order chi connectivity index (χ0) is 30.8. The van der Waals surface area contributed by atoms with E-state index in [4.69, 9.17) is 11.5 Å². The monoisotopic (exact) mass is 584 g/mol. The van der Waals surface area contributed by atoms with Crippen molar-refractivity contribution in [2.45, 2.75) is 56.3 Å². The number of carboxylic acids is 2. The van der Waals surface area contributed by atoms with Crippen molar-refractivity contribution >= 4 is 46.5 Å². The normalized spacial score (nSPS) is 13.8. The molecule has 2 heterocycles. The molecule has 3 rings (SSSR count). The zero-order valence-corrected chi connectivity index (χ0v) is 22.3. The van der Waals surface area contributed by atoms with Crippen LogP contribution in [0.25, 0.3) is 10.9 Å². The van der Waals surface area contributed by atoms with Crippen molar-refractivity contribution in [2.24, 2.45) is 11.5 Å². The Hall–Kier alpha value is -5.25. The molecule has 0 fully saturated rings. The van der Waals surface area contributed by atoms with E-state index in [1.165, 1.54) is 12.5 Å². The molecule has 0 aliphatic heterocycles. The number of imidazole rings is 1. The minimum absolute atomic E-state index is 0.0594. The Morgan fingerprint density at radius 2 is 1.55 bits per heavy atom. The fourth-order valence-electron chi connectivity index (χ4n) is 4.21. The van der Waals surface area contributed by atoms with Crippen LogP contribution in [0.2, 0.25) is 0 Å². The van der Waals surface area contributed by atoms with Gasteiger partial charge in [-0.3, -0.25) is 24.0 Å². The van der Waals surface area contributed by atoms with Crippen molar-refractivity contribution < 1.29 is 39.0 Å². The van der Waals surface area contributed by atoms with Crippen molar-refractivity contribution in [1.29, 1.82) is 0 Å². The van der Waals surface area contributed by atoms with Gasteiger partial charge in [0.25, 0.3) is 0 Å². The number of benzene rings is 1. The van der Waals surface area contributed by atoms with Crippen LogP contribution in [-0.4, -0.2) is 84.9 Å². The van der Waals surface area contributed by atoms with Gasteiger partial charge in [-0.05, 0) is 18.1 Å². The van der Waals surface area contributed by atoms with E-state index in [1.807, 2.05) is 12.1 Å². The highest BCUT2D eigenvalue weighted by atomic mass is 16.4. The molecule has 11 N–H and O–H groups in total. The first-order valence-corrected chi connectivity index (χ1v) is 12.9. The Kier molecular flexibility index (Phi) is 10.7. The van der Waals surface area contributed by atoms with Gasteiger partial charge in [-0.1, -0.05) is 18.2 Å². The Balaban J connectivity index is 1.82. The summed E-state index contributed by atoms with van der Waals surface area (Å²) < 4.78 is 0. The van der Waals surface area contributed by atoms with Gasteiger partial charge in [0.05, 0.1) is 18.8 Å². The number of hydrogen-bond acceptors (Lipinski definition) is 8. The Morgan fingerprint density at radius 1 is 0.881 bits per heavy atom. The molecule has 0 aliphatic rings. The van der Waals surface area contributed by atoms with Crippen molar-refractivity contribution in [1.82, 2.24) is 30.9 Å². The van der Waals surface area contributed by atoms with Gasteiger partial charge in [0.15, 0.2) is 0 Å². The van der Waals surface area contributed by atoms with Gasteiger partial charge in [0.1, 0.15) is 18.1 Å². The third-order valence-corrected chi connectivity index (χ3v) is 6.37. The quantitative estimate of drug-likeness (QED) is 0.0918. The molecule has 16 nitrogen and oxygen atoms in total. The molecule has 42 heavy (non-hydrogen) atoms. The number of nitrogens with one attached hydrogen (secondary N) is 5. The number of rotatable bonds is 16. The molecule has 224 valence electrons. The largest absolute Gasteiger partial charge is 0.481 e. The maximum Gasteiger partial charge on any atom is 0.326 e. The van der Waals surface area contributed by atoms with Gasteiger partial charge in [-0.2, -0.15) is 0 Å². The molecule has 4 unspecified atom stereocenters. The summed E-state index contributed by atoms with van der Waals surface area (Å²) in [5.41, 5.74) is 13.1. The van der Waals surface area contributed by atoms with Crippen LogP contribution in [0.3, 0.4) is 0 Å². The summed E-state index contributed by atoms with van der Waals surface area (Å²) >= 11 is 0. The number of aliphatic carboxylic acids is 2. The molecule has 0 spiro atoms. The van der Waals surface area contributed by atoms with Crippen LogP contribution in [0.4, 0.5) is 0 Å². The molecule has 0 radical (unpaired) electrons. The molecule has 4 amide bonds. The highest BCUT2D eigenvalue weighted by molar-refractivity contribution is 5.96. The van der Waals surface area contributed by atoms with E-state index in [1.54, 1.807) is 18.3 Å². The molecule has 0 saturated heterocycles. The molecule has 0 aliphatic carbocycles. The second-order valence-electron chi connectivity index (χ2n) is 9.58. The van der Waals surface area contributed by atoms with E-state index in [-0.39, 0.29) is 25.7 Å². The summed E-state index contributed by atoms with van der Waals surface area (Å²) in [5.74, 6) is -6.46. The highest BCUT2D eigenvalue weighted by Gasteiger charge is 2.32. The molecular weight excluding hydrogens is 552 g/mol. The van der Waals surface area contributed by atoms with Crippen molar-refractivity contribution in [3.8, 4) is 0 Å². The lowest BCUT2D eigenvalue weighted by Gasteiger charge is -2.24. The topological polar surface area (TPSA) is 275 Å². The molecule has 0 saturated carbocycles. The van der Waals surface area contributed by atoms with E-state index in [0.717, 1.165) is 10.9 Å². The van der Waals surface area contributed by atoms with E-state index in [0.29, 0.717) is 11.3 Å². The number of aromatic nitrogens is 3. The van der Waals surface area contributed by atoms with Gasteiger partial charge >= 0.3 is 11.9 Å². The first kappa shape index (κ1) is 31.3. The summed E-state index contributed by atoms with van der Waals surface area (Å²) in [6.45, 7) is 0. The summed E-state index contributed by atoms with van der Waals surface area (Å²) in [6.07, 6.45) is 2.99. The summed E-state index contributed by atoms with van der Waals surface area (Å²) in [5, 5.41) is 26.5. The molecule has 4 atom stereocenters. The van der Waals surface area contributed by atoms with Crippen molar-refractivity contribution in [3.05, 3.63) is 54.2 Å². The third kappa shape index (κ3) is 8.88. The van der Waals surface area contributed by atoms with Crippen LogP contribution >= 0.6 is 0 Å². The number of hydrogen-bond donors (Lipinski definition) is 9. The lowest BCUT2D eigenvalue weighted by molar-refractivity contribution is -0.143. The third-order valence-electron chi connectivity index (χ3n) is 6.37. The summed E-state index contributed by atoms with van der Waals surface area (Å²) in [7, 11) is 0. The van der Waals surface area contributed by atoms with Crippen molar-refractivity contribution in [2.75, 3.05) is 0 Å². The minimum atomic E-state index is -1.72. The molecule has 1 aromatic carbocycles. The number of aromatic amines is 2. The van der Waals surface area contributed by atoms with E-state index >= 15 is 0 Å². The van der Waals surface area contributed by atoms with Gasteiger partial charge in [0, 0.05) is 48.3 Å². The predicted octanol–water partition coefficient (Wildman–Crippen LogP) is -1.72. The zero-order valence-electron chi connectivity index (χ0n) is 22.3. The second-order valence-corrected chi connectivity index (χ2v) is 9.58. The maximum atomic E-state index is 13.5. The van der Waals surface area contributed by atoms with Gasteiger partial charge in [-0.25, -0.2) is 9.78 Å². The van der Waals surface area contributed by atoms with Crippen LogP contribution in [0, 0.1) is 0 Å². The number of primary amides is 1. The average Bonchev–Trinajstić information content (AvgIpc) is 3.59. The number of fused-ring (bicyclic) bond motifs is 1. The van der Waals surface area contributed by atoms with Crippen LogP contribution in [0.1, 0.15) is 30.5 Å². The second kappa shape index (κ2) is 14.4. The highest BCUT2D eigenvalue weighted by Crippen LogP contribution is 2.19. The summed E-state index contributed by atoms with van der Waals surface area (Å²) in [4.78, 5) is 83.3. The minimum Gasteiger partial charge on any atom is -0.481 e. The number of para-hydroxylation sites is 1. The average molecular weight is 585 g/mol. The molecule has 16 heteroatoms. The van der Waals surface area contributed by atoms with Gasteiger partial charge in [0.2, 0.25) is 23.6 Å². The Morgan fingerprint density at radius 3 is 2.19 bits per heavy atom. The number of amides is 4. The van der Waals surface area contributed by atoms with Gasteiger partial charge < -0.3 is 47.6 Å². The fraction of sp³-hybridized carbons (Fsp3) is 0.346. The lowest BCUT2D eigenvalue weighted by Crippen LogP contribution is -2.58. The predicted molar refractivity (Wildman–Crippen MR) is 146 cm³/mol. The number of carbonyl (C=O) groups is 6. The van der Waals surface area contributed by atoms with Crippen LogP contribution in [0.5, 0.6) is 0 Å². The maximum absolute atomic E-state index is 13.5. The van der Waals surface area contributed by atoms with E-state index < -0.39 is 66.2 Å². The first-order valence-electron chi connectivity index (χ1n) is 12.9.